The van der Waals surface area contributed by atoms with E-state index in [1.54, 1.807) is 6.92 Å². The molecule has 0 unspecified atom stereocenters. The SMILES string of the molecule is CCCCC(=O)N[C@H](C(=O)C[C@@H](CCC(=O)NC[C@H](O)[C@@H](O)[C@H](O)[C@H](O)CC)C(C)=O)C(C)C. The topological polar surface area (TPSA) is 173 Å². The minimum absolute atomic E-state index is 0.0876. The molecule has 0 aromatic rings. The number of hydrogen-bond donors (Lipinski definition) is 6. The van der Waals surface area contributed by atoms with Crippen LogP contribution in [0.1, 0.15) is 79.6 Å². The van der Waals surface area contributed by atoms with Crippen molar-refractivity contribution in [1.82, 2.24) is 10.6 Å². The van der Waals surface area contributed by atoms with Crippen molar-refractivity contribution in [2.75, 3.05) is 6.54 Å². The van der Waals surface area contributed by atoms with Gasteiger partial charge in [-0.25, -0.2) is 0 Å². The highest BCUT2D eigenvalue weighted by molar-refractivity contribution is 5.92. The molecule has 0 fully saturated rings. The number of Topliss-reactive ketones (excluding diaryl/α,β-unsaturated/α-hetero) is 2. The van der Waals surface area contributed by atoms with Crippen molar-refractivity contribution in [3.8, 4) is 0 Å². The van der Waals surface area contributed by atoms with E-state index >= 15 is 0 Å². The van der Waals surface area contributed by atoms with Gasteiger partial charge >= 0.3 is 0 Å². The molecule has 2 amide bonds. The van der Waals surface area contributed by atoms with Crippen LogP contribution in [0.2, 0.25) is 0 Å². The third-order valence-corrected chi connectivity index (χ3v) is 5.89. The average molecular weight is 489 g/mol. The molecule has 0 bridgehead atoms. The van der Waals surface area contributed by atoms with E-state index in [1.165, 1.54) is 6.92 Å². The maximum Gasteiger partial charge on any atom is 0.220 e. The number of hydrogen-bond acceptors (Lipinski definition) is 8. The van der Waals surface area contributed by atoms with Crippen molar-refractivity contribution in [3.63, 3.8) is 0 Å². The fraction of sp³-hybridized carbons (Fsp3) is 0.833. The summed E-state index contributed by atoms with van der Waals surface area (Å²) in [5.74, 6) is -2.04. The number of aliphatic hydroxyl groups is 4. The van der Waals surface area contributed by atoms with E-state index in [-0.39, 0.29) is 55.6 Å². The summed E-state index contributed by atoms with van der Waals surface area (Å²) >= 11 is 0. The van der Waals surface area contributed by atoms with Crippen molar-refractivity contribution < 1.29 is 39.6 Å². The van der Waals surface area contributed by atoms with E-state index in [9.17, 15) is 39.6 Å². The molecule has 0 rings (SSSR count). The number of carbonyl (C=O) groups excluding carboxylic acids is 4. The lowest BCUT2D eigenvalue weighted by Gasteiger charge is -2.26. The maximum absolute atomic E-state index is 12.8. The molecular formula is C24H44N2O8. The lowest BCUT2D eigenvalue weighted by Crippen LogP contribution is -2.48. The van der Waals surface area contributed by atoms with Gasteiger partial charge in [0.1, 0.15) is 18.0 Å². The summed E-state index contributed by atoms with van der Waals surface area (Å²) in [6, 6.07) is -0.707. The summed E-state index contributed by atoms with van der Waals surface area (Å²) in [5.41, 5.74) is 0. The van der Waals surface area contributed by atoms with Gasteiger partial charge in [0.05, 0.1) is 18.2 Å². The van der Waals surface area contributed by atoms with Gasteiger partial charge in [-0.05, 0) is 32.1 Å². The van der Waals surface area contributed by atoms with Crippen molar-refractivity contribution in [3.05, 3.63) is 0 Å². The fourth-order valence-corrected chi connectivity index (χ4v) is 3.45. The van der Waals surface area contributed by atoms with Crippen LogP contribution in [0.4, 0.5) is 0 Å². The molecule has 6 atom stereocenters. The molecule has 0 aliphatic heterocycles. The third-order valence-electron chi connectivity index (χ3n) is 5.89. The van der Waals surface area contributed by atoms with Crippen molar-refractivity contribution >= 4 is 23.4 Å². The first-order valence-corrected chi connectivity index (χ1v) is 12.2. The summed E-state index contributed by atoms with van der Waals surface area (Å²) in [6.45, 7) is 8.20. The number of rotatable bonds is 18. The van der Waals surface area contributed by atoms with E-state index < -0.39 is 42.3 Å². The Kier molecular flexibility index (Phi) is 15.8. The predicted molar refractivity (Wildman–Crippen MR) is 127 cm³/mol. The van der Waals surface area contributed by atoms with Crippen LogP contribution in [-0.4, -0.2) is 80.8 Å². The number of amides is 2. The molecule has 10 heteroatoms. The molecule has 0 spiro atoms. The van der Waals surface area contributed by atoms with Gasteiger partial charge in [-0.1, -0.05) is 34.1 Å². The Morgan fingerprint density at radius 2 is 1.44 bits per heavy atom. The second kappa shape index (κ2) is 16.7. The number of unbranched alkanes of at least 4 members (excludes halogenated alkanes) is 1. The van der Waals surface area contributed by atoms with Gasteiger partial charge in [-0.15, -0.1) is 0 Å². The van der Waals surface area contributed by atoms with Gasteiger partial charge in [0, 0.05) is 31.7 Å². The molecule has 0 saturated carbocycles. The Morgan fingerprint density at radius 3 is 1.94 bits per heavy atom. The molecular weight excluding hydrogens is 444 g/mol. The number of carbonyl (C=O) groups is 4. The summed E-state index contributed by atoms with van der Waals surface area (Å²) < 4.78 is 0. The fourth-order valence-electron chi connectivity index (χ4n) is 3.45. The van der Waals surface area contributed by atoms with Crippen LogP contribution in [-0.2, 0) is 19.2 Å². The van der Waals surface area contributed by atoms with Gasteiger partial charge < -0.3 is 31.1 Å². The Bertz CT molecular complexity index is 655. The number of nitrogens with one attached hydrogen (secondary N) is 2. The zero-order valence-corrected chi connectivity index (χ0v) is 21.1. The number of ketones is 2. The van der Waals surface area contributed by atoms with Crippen molar-refractivity contribution in [2.24, 2.45) is 11.8 Å². The first kappa shape index (κ1) is 32.1. The van der Waals surface area contributed by atoms with Crippen molar-refractivity contribution in [1.29, 1.82) is 0 Å². The van der Waals surface area contributed by atoms with Crippen LogP contribution in [0, 0.1) is 11.8 Å². The largest absolute Gasteiger partial charge is 0.390 e. The summed E-state index contributed by atoms with van der Waals surface area (Å²) in [5, 5.41) is 44.3. The highest BCUT2D eigenvalue weighted by Crippen LogP contribution is 2.17. The van der Waals surface area contributed by atoms with Crippen LogP contribution in [0.15, 0.2) is 0 Å². The molecule has 0 aromatic heterocycles. The van der Waals surface area contributed by atoms with E-state index in [1.807, 2.05) is 20.8 Å². The molecule has 34 heavy (non-hydrogen) atoms. The predicted octanol–water partition coefficient (Wildman–Crippen LogP) is 0.232. The van der Waals surface area contributed by atoms with Gasteiger partial charge in [0.25, 0.3) is 0 Å². The zero-order chi connectivity index (χ0) is 26.4. The molecule has 6 N–H and O–H groups in total. The van der Waals surface area contributed by atoms with Crippen LogP contribution in [0.3, 0.4) is 0 Å². The molecule has 10 nitrogen and oxygen atoms in total. The Hall–Kier alpha value is -1.88. The Labute approximate surface area is 202 Å². The highest BCUT2D eigenvalue weighted by Gasteiger charge is 2.30. The van der Waals surface area contributed by atoms with E-state index in [0.717, 1.165) is 12.8 Å². The minimum Gasteiger partial charge on any atom is -0.390 e. The van der Waals surface area contributed by atoms with Crippen molar-refractivity contribution in [2.45, 2.75) is 110 Å². The highest BCUT2D eigenvalue weighted by atomic mass is 16.4. The molecule has 0 radical (unpaired) electrons. The Balaban J connectivity index is 4.79. The number of aliphatic hydroxyl groups excluding tert-OH is 4. The van der Waals surface area contributed by atoms with Crippen LogP contribution in [0.5, 0.6) is 0 Å². The van der Waals surface area contributed by atoms with Crippen LogP contribution in [0.25, 0.3) is 0 Å². The van der Waals surface area contributed by atoms with Gasteiger partial charge in [0.15, 0.2) is 5.78 Å². The lowest BCUT2D eigenvalue weighted by molar-refractivity contribution is -0.131. The Morgan fingerprint density at radius 1 is 0.853 bits per heavy atom. The van der Waals surface area contributed by atoms with E-state index in [2.05, 4.69) is 10.6 Å². The second-order valence-corrected chi connectivity index (χ2v) is 9.24. The normalized spacial score (nSPS) is 16.8. The van der Waals surface area contributed by atoms with Crippen LogP contribution < -0.4 is 10.6 Å². The molecule has 0 saturated heterocycles. The first-order chi connectivity index (χ1) is 15.8. The smallest absolute Gasteiger partial charge is 0.220 e. The van der Waals surface area contributed by atoms with Gasteiger partial charge in [-0.2, -0.15) is 0 Å². The first-order valence-electron chi connectivity index (χ1n) is 12.2. The summed E-state index contributed by atoms with van der Waals surface area (Å²) in [6.07, 6.45) is -3.87. The average Bonchev–Trinajstić information content (AvgIpc) is 2.79. The third kappa shape index (κ3) is 12.0. The van der Waals surface area contributed by atoms with Gasteiger partial charge in [0.2, 0.25) is 11.8 Å². The molecule has 0 heterocycles. The molecule has 0 aromatic carbocycles. The van der Waals surface area contributed by atoms with Gasteiger partial charge in [-0.3, -0.25) is 19.2 Å². The summed E-state index contributed by atoms with van der Waals surface area (Å²) in [7, 11) is 0. The maximum atomic E-state index is 12.8. The standard InChI is InChI=1S/C24H44N2O8/c1-6-8-9-21(32)26-22(14(3)4)18(29)12-16(15(5)27)10-11-20(31)25-13-19(30)24(34)23(33)17(28)7-2/h14,16-17,19,22-24,28,30,33-34H,6-13H2,1-5H3,(H,25,31)(H,26,32)/t16-,17-,19+,22+,23-,24-/m1/s1. The molecule has 0 aliphatic carbocycles. The molecule has 198 valence electrons. The second-order valence-electron chi connectivity index (χ2n) is 9.24. The zero-order valence-electron chi connectivity index (χ0n) is 21.1. The van der Waals surface area contributed by atoms with E-state index in [4.69, 9.17) is 0 Å². The summed E-state index contributed by atoms with van der Waals surface area (Å²) in [4.78, 5) is 49.1. The minimum atomic E-state index is -1.64. The quantitative estimate of drug-likeness (QED) is 0.159. The van der Waals surface area contributed by atoms with Crippen LogP contribution >= 0.6 is 0 Å². The van der Waals surface area contributed by atoms with E-state index in [0.29, 0.717) is 6.42 Å². The lowest BCUT2D eigenvalue weighted by atomic mass is 9.88. The molecule has 0 aliphatic rings. The monoisotopic (exact) mass is 488 g/mol.